The maximum absolute atomic E-state index is 8.42. The summed E-state index contributed by atoms with van der Waals surface area (Å²) in [5, 5.41) is 8.42. The van der Waals surface area contributed by atoms with E-state index in [-0.39, 0.29) is 0 Å². The molecule has 0 amide bonds. The van der Waals surface area contributed by atoms with Crippen molar-refractivity contribution in [2.45, 2.75) is 6.54 Å². The van der Waals surface area contributed by atoms with Gasteiger partial charge in [-0.15, -0.1) is 0 Å². The van der Waals surface area contributed by atoms with Crippen molar-refractivity contribution >= 4 is 31.9 Å². The van der Waals surface area contributed by atoms with Gasteiger partial charge in [0.1, 0.15) is 0 Å². The highest BCUT2D eigenvalue weighted by molar-refractivity contribution is 9.11. The summed E-state index contributed by atoms with van der Waals surface area (Å²) in [6.07, 6.45) is 0. The fourth-order valence-corrected chi connectivity index (χ4v) is 2.19. The van der Waals surface area contributed by atoms with Crippen LogP contribution in [0.25, 0.3) is 0 Å². The van der Waals surface area contributed by atoms with Crippen LogP contribution in [-0.4, -0.2) is 5.21 Å². The molecule has 2 N–H and O–H groups in total. The first kappa shape index (κ1) is 9.19. The first-order valence-electron chi connectivity index (χ1n) is 3.04. The number of hydrogen-bond acceptors (Lipinski definition) is 2. The van der Waals surface area contributed by atoms with Crippen LogP contribution in [0.4, 0.5) is 0 Å². The number of halogens is 2. The average Bonchev–Trinajstić information content (AvgIpc) is 1.85. The average molecular weight is 281 g/mol. The van der Waals surface area contributed by atoms with Crippen LogP contribution in [0.1, 0.15) is 5.56 Å². The van der Waals surface area contributed by atoms with Crippen molar-refractivity contribution in [2.24, 2.45) is 0 Å². The molecule has 0 unspecified atom stereocenters. The van der Waals surface area contributed by atoms with Gasteiger partial charge in [-0.05, 0) is 23.8 Å². The van der Waals surface area contributed by atoms with E-state index in [4.69, 9.17) is 5.21 Å². The first-order chi connectivity index (χ1) is 5.22. The van der Waals surface area contributed by atoms with E-state index in [1.165, 1.54) is 0 Å². The predicted molar refractivity (Wildman–Crippen MR) is 50.5 cm³/mol. The lowest BCUT2D eigenvalue weighted by molar-refractivity contribution is 0.161. The van der Waals surface area contributed by atoms with E-state index in [1.54, 1.807) is 0 Å². The van der Waals surface area contributed by atoms with Gasteiger partial charge < -0.3 is 5.21 Å². The van der Waals surface area contributed by atoms with Crippen molar-refractivity contribution in [1.82, 2.24) is 5.48 Å². The van der Waals surface area contributed by atoms with Crippen LogP contribution in [0.5, 0.6) is 0 Å². The molecule has 0 saturated carbocycles. The molecule has 0 fully saturated rings. The van der Waals surface area contributed by atoms with Gasteiger partial charge in [-0.1, -0.05) is 31.9 Å². The zero-order valence-electron chi connectivity index (χ0n) is 5.64. The normalized spacial score (nSPS) is 10.1. The standard InChI is InChI=1S/C7H7Br2NO/c8-6-1-5(4-10-11)2-7(9)3-6/h1-3,10-11H,4H2. The molecule has 60 valence electrons. The maximum Gasteiger partial charge on any atom is 0.0458 e. The van der Waals surface area contributed by atoms with Crippen molar-refractivity contribution in [3.8, 4) is 0 Å². The maximum atomic E-state index is 8.42. The summed E-state index contributed by atoms with van der Waals surface area (Å²) in [6, 6.07) is 5.82. The SMILES string of the molecule is ONCc1cc(Br)cc(Br)c1. The molecule has 2 nitrogen and oxygen atoms in total. The third kappa shape index (κ3) is 2.91. The molecule has 0 aliphatic rings. The molecule has 0 aliphatic heterocycles. The summed E-state index contributed by atoms with van der Waals surface area (Å²) >= 11 is 6.69. The predicted octanol–water partition coefficient (Wildman–Crippen LogP) is 2.69. The van der Waals surface area contributed by atoms with Gasteiger partial charge in [0.15, 0.2) is 0 Å². The fraction of sp³-hybridized carbons (Fsp3) is 0.143. The summed E-state index contributed by atoms with van der Waals surface area (Å²) in [6.45, 7) is 0.456. The minimum absolute atomic E-state index is 0.456. The van der Waals surface area contributed by atoms with Gasteiger partial charge in [0.2, 0.25) is 0 Å². The molecule has 0 spiro atoms. The minimum atomic E-state index is 0.456. The topological polar surface area (TPSA) is 32.3 Å². The number of benzene rings is 1. The van der Waals surface area contributed by atoms with Gasteiger partial charge in [-0.3, -0.25) is 0 Å². The Hall–Kier alpha value is 0.1000. The van der Waals surface area contributed by atoms with Crippen LogP contribution in [0, 0.1) is 0 Å². The second-order valence-corrected chi connectivity index (χ2v) is 3.94. The van der Waals surface area contributed by atoms with Crippen LogP contribution in [0.15, 0.2) is 27.1 Å². The molecular weight excluding hydrogens is 274 g/mol. The van der Waals surface area contributed by atoms with Crippen LogP contribution in [-0.2, 0) is 6.54 Å². The van der Waals surface area contributed by atoms with Crippen molar-refractivity contribution < 1.29 is 5.21 Å². The third-order valence-corrected chi connectivity index (χ3v) is 2.12. The fourth-order valence-electron chi connectivity index (χ4n) is 0.804. The van der Waals surface area contributed by atoms with Crippen LogP contribution in [0.3, 0.4) is 0 Å². The largest absolute Gasteiger partial charge is 0.316 e. The lowest BCUT2D eigenvalue weighted by Gasteiger charge is -2.00. The summed E-state index contributed by atoms with van der Waals surface area (Å²) in [5.74, 6) is 0. The highest BCUT2D eigenvalue weighted by Crippen LogP contribution is 2.19. The molecule has 1 aromatic rings. The Morgan fingerprint density at radius 1 is 1.18 bits per heavy atom. The highest BCUT2D eigenvalue weighted by Gasteiger charge is 1.95. The van der Waals surface area contributed by atoms with Gasteiger partial charge in [0, 0.05) is 15.5 Å². The lowest BCUT2D eigenvalue weighted by atomic mass is 10.2. The van der Waals surface area contributed by atoms with Crippen molar-refractivity contribution in [1.29, 1.82) is 0 Å². The molecule has 0 bridgehead atoms. The van der Waals surface area contributed by atoms with Crippen LogP contribution < -0.4 is 5.48 Å². The molecule has 0 saturated heterocycles. The van der Waals surface area contributed by atoms with Gasteiger partial charge in [-0.25, -0.2) is 5.48 Å². The Balaban J connectivity index is 2.89. The summed E-state index contributed by atoms with van der Waals surface area (Å²) in [4.78, 5) is 0. The van der Waals surface area contributed by atoms with Crippen LogP contribution >= 0.6 is 31.9 Å². The number of hydrogen-bond donors (Lipinski definition) is 2. The van der Waals surface area contributed by atoms with E-state index in [9.17, 15) is 0 Å². The highest BCUT2D eigenvalue weighted by atomic mass is 79.9. The quantitative estimate of drug-likeness (QED) is 0.817. The van der Waals surface area contributed by atoms with E-state index in [1.807, 2.05) is 18.2 Å². The Morgan fingerprint density at radius 2 is 1.73 bits per heavy atom. The molecule has 4 heteroatoms. The van der Waals surface area contributed by atoms with E-state index in [0.29, 0.717) is 6.54 Å². The monoisotopic (exact) mass is 279 g/mol. The molecule has 0 aliphatic carbocycles. The van der Waals surface area contributed by atoms with E-state index in [2.05, 4.69) is 37.3 Å². The Labute approximate surface area is 81.8 Å². The molecule has 0 heterocycles. The molecule has 1 rings (SSSR count). The molecule has 1 aromatic carbocycles. The Morgan fingerprint density at radius 3 is 2.18 bits per heavy atom. The van der Waals surface area contributed by atoms with Gasteiger partial charge in [0.05, 0.1) is 0 Å². The lowest BCUT2D eigenvalue weighted by Crippen LogP contribution is -2.05. The second-order valence-electron chi connectivity index (χ2n) is 2.11. The van der Waals surface area contributed by atoms with E-state index < -0.39 is 0 Å². The first-order valence-corrected chi connectivity index (χ1v) is 4.63. The van der Waals surface area contributed by atoms with Crippen LogP contribution in [0.2, 0.25) is 0 Å². The smallest absolute Gasteiger partial charge is 0.0458 e. The Kier molecular flexibility index (Phi) is 3.51. The molecule has 0 atom stereocenters. The van der Waals surface area contributed by atoms with Gasteiger partial charge in [0.25, 0.3) is 0 Å². The third-order valence-electron chi connectivity index (χ3n) is 1.21. The zero-order valence-corrected chi connectivity index (χ0v) is 8.81. The number of nitrogens with one attached hydrogen (secondary N) is 1. The summed E-state index contributed by atoms with van der Waals surface area (Å²) in [7, 11) is 0. The minimum Gasteiger partial charge on any atom is -0.316 e. The van der Waals surface area contributed by atoms with E-state index >= 15 is 0 Å². The number of rotatable bonds is 2. The molecule has 0 aromatic heterocycles. The second kappa shape index (κ2) is 4.21. The summed E-state index contributed by atoms with van der Waals surface area (Å²) < 4.78 is 1.99. The Bertz CT molecular complexity index is 232. The molecule has 11 heavy (non-hydrogen) atoms. The van der Waals surface area contributed by atoms with Crippen molar-refractivity contribution in [3.05, 3.63) is 32.7 Å². The van der Waals surface area contributed by atoms with E-state index in [0.717, 1.165) is 14.5 Å². The van der Waals surface area contributed by atoms with Gasteiger partial charge >= 0.3 is 0 Å². The molecular formula is C7H7Br2NO. The van der Waals surface area contributed by atoms with Crippen molar-refractivity contribution in [2.75, 3.05) is 0 Å². The number of hydroxylamine groups is 1. The molecule has 0 radical (unpaired) electrons. The summed E-state index contributed by atoms with van der Waals surface area (Å²) in [5.41, 5.74) is 3.12. The van der Waals surface area contributed by atoms with Crippen molar-refractivity contribution in [3.63, 3.8) is 0 Å². The van der Waals surface area contributed by atoms with Gasteiger partial charge in [-0.2, -0.15) is 0 Å². The zero-order chi connectivity index (χ0) is 8.27.